The molecule has 0 aliphatic carbocycles. The first-order valence-corrected chi connectivity index (χ1v) is 8.61. The van der Waals surface area contributed by atoms with Gasteiger partial charge in [-0.05, 0) is 36.9 Å². The Kier molecular flexibility index (Phi) is 3.92. The third-order valence-corrected chi connectivity index (χ3v) is 5.66. The monoisotopic (exact) mass is 306 g/mol. The van der Waals surface area contributed by atoms with E-state index in [4.69, 9.17) is 0 Å². The molecule has 0 bridgehead atoms. The zero-order valence-corrected chi connectivity index (χ0v) is 13.3. The van der Waals surface area contributed by atoms with Gasteiger partial charge >= 0.3 is 0 Å². The van der Waals surface area contributed by atoms with Crippen molar-refractivity contribution in [2.24, 2.45) is 0 Å². The molecule has 0 spiro atoms. The van der Waals surface area contributed by atoms with Crippen molar-refractivity contribution in [3.8, 4) is 0 Å². The van der Waals surface area contributed by atoms with Crippen molar-refractivity contribution >= 4 is 32.1 Å². The molecule has 5 heteroatoms. The van der Waals surface area contributed by atoms with Gasteiger partial charge in [0.25, 0.3) is 0 Å². The summed E-state index contributed by atoms with van der Waals surface area (Å²) in [6.45, 7) is 5.04. The summed E-state index contributed by atoms with van der Waals surface area (Å²) in [5, 5.41) is 17.1. The average molecular weight is 306 g/mol. The third-order valence-electron chi connectivity index (χ3n) is 3.47. The zero-order valence-electron chi connectivity index (χ0n) is 11.7. The van der Waals surface area contributed by atoms with E-state index < -0.39 is 6.10 Å². The summed E-state index contributed by atoms with van der Waals surface area (Å²) >= 11 is 3.42. The summed E-state index contributed by atoms with van der Waals surface area (Å²) in [5.41, 5.74) is 2.22. The molecule has 3 heterocycles. The number of hydrogen-bond acceptors (Lipinski definition) is 4. The average Bonchev–Trinajstić information content (AvgIpc) is 3.11. The topological polar surface area (TPSA) is 38.0 Å². The number of aliphatic hydroxyl groups is 1. The van der Waals surface area contributed by atoms with E-state index in [0.29, 0.717) is 6.42 Å². The van der Waals surface area contributed by atoms with E-state index in [1.165, 1.54) is 9.40 Å². The number of aryl methyl sites for hydroxylation is 2. The highest BCUT2D eigenvalue weighted by molar-refractivity contribution is 7.26. The lowest BCUT2D eigenvalue weighted by atomic mass is 10.1. The number of aromatic nitrogens is 2. The molecule has 3 nitrogen and oxygen atoms in total. The number of hydrogen-bond donors (Lipinski definition) is 1. The minimum atomic E-state index is -0.439. The van der Waals surface area contributed by atoms with Gasteiger partial charge in [0.05, 0.1) is 11.8 Å². The van der Waals surface area contributed by atoms with Crippen molar-refractivity contribution in [1.82, 2.24) is 9.78 Å². The first kappa shape index (κ1) is 13.8. The molecular weight excluding hydrogens is 288 g/mol. The normalized spacial score (nSPS) is 13.2. The molecule has 0 radical (unpaired) electrons. The maximum atomic E-state index is 10.5. The van der Waals surface area contributed by atoms with Crippen molar-refractivity contribution in [3.05, 3.63) is 39.8 Å². The standard InChI is InChI=1S/C15H18N2OS2/c1-3-10-7-11(17(4-2)16-10)8-12(18)14-9-15-13(20-14)5-6-19-15/h5-7,9,12,18H,3-4,8H2,1-2H3. The van der Waals surface area contributed by atoms with E-state index >= 15 is 0 Å². The molecule has 0 fully saturated rings. The molecular formula is C15H18N2OS2. The van der Waals surface area contributed by atoms with Gasteiger partial charge in [-0.1, -0.05) is 6.92 Å². The number of fused-ring (bicyclic) bond motifs is 1. The maximum Gasteiger partial charge on any atom is 0.0937 e. The molecule has 0 aliphatic heterocycles. The molecule has 106 valence electrons. The van der Waals surface area contributed by atoms with Crippen LogP contribution >= 0.6 is 22.7 Å². The third kappa shape index (κ3) is 2.53. The number of thiophene rings is 2. The first-order valence-electron chi connectivity index (χ1n) is 6.91. The van der Waals surface area contributed by atoms with Crippen LogP contribution in [0.25, 0.3) is 9.40 Å². The van der Waals surface area contributed by atoms with Gasteiger partial charge in [0.2, 0.25) is 0 Å². The maximum absolute atomic E-state index is 10.5. The van der Waals surface area contributed by atoms with Gasteiger partial charge in [0.15, 0.2) is 0 Å². The summed E-state index contributed by atoms with van der Waals surface area (Å²) in [6.07, 6.45) is 1.13. The molecule has 0 aliphatic rings. The molecule has 3 rings (SSSR count). The Hall–Kier alpha value is -1.17. The summed E-state index contributed by atoms with van der Waals surface area (Å²) in [5.74, 6) is 0. The zero-order chi connectivity index (χ0) is 14.1. The Bertz CT molecular complexity index is 682. The second kappa shape index (κ2) is 5.68. The predicted molar refractivity (Wildman–Crippen MR) is 85.6 cm³/mol. The van der Waals surface area contributed by atoms with Crippen LogP contribution in [0.15, 0.2) is 23.6 Å². The Morgan fingerprint density at radius 3 is 2.85 bits per heavy atom. The highest BCUT2D eigenvalue weighted by Gasteiger charge is 2.16. The van der Waals surface area contributed by atoms with Gasteiger partial charge in [0.1, 0.15) is 0 Å². The van der Waals surface area contributed by atoms with Crippen molar-refractivity contribution in [2.75, 3.05) is 0 Å². The Morgan fingerprint density at radius 2 is 2.15 bits per heavy atom. The Labute approximate surface area is 126 Å². The van der Waals surface area contributed by atoms with E-state index in [0.717, 1.165) is 29.2 Å². The van der Waals surface area contributed by atoms with Gasteiger partial charge in [0, 0.05) is 32.9 Å². The van der Waals surface area contributed by atoms with Gasteiger partial charge in [-0.2, -0.15) is 5.10 Å². The van der Waals surface area contributed by atoms with E-state index in [9.17, 15) is 5.11 Å². The summed E-state index contributed by atoms with van der Waals surface area (Å²) in [7, 11) is 0. The SMILES string of the molecule is CCc1cc(CC(O)c2cc3sccc3s2)n(CC)n1. The fraction of sp³-hybridized carbons (Fsp3) is 0.400. The first-order chi connectivity index (χ1) is 9.71. The van der Waals surface area contributed by atoms with Crippen molar-refractivity contribution in [3.63, 3.8) is 0 Å². The van der Waals surface area contributed by atoms with Crippen LogP contribution < -0.4 is 0 Å². The number of nitrogens with zero attached hydrogens (tertiary/aromatic N) is 2. The minimum absolute atomic E-state index is 0.439. The number of rotatable bonds is 5. The van der Waals surface area contributed by atoms with Gasteiger partial charge in [-0.25, -0.2) is 0 Å². The smallest absolute Gasteiger partial charge is 0.0937 e. The predicted octanol–water partition coefficient (Wildman–Crippen LogP) is 4.02. The summed E-state index contributed by atoms with van der Waals surface area (Å²) in [4.78, 5) is 1.05. The minimum Gasteiger partial charge on any atom is -0.387 e. The van der Waals surface area contributed by atoms with Crippen molar-refractivity contribution in [1.29, 1.82) is 0 Å². The largest absolute Gasteiger partial charge is 0.387 e. The Morgan fingerprint density at radius 1 is 1.30 bits per heavy atom. The molecule has 0 saturated carbocycles. The second-order valence-electron chi connectivity index (χ2n) is 4.81. The molecule has 1 atom stereocenters. The van der Waals surface area contributed by atoms with Crippen LogP contribution in [0.4, 0.5) is 0 Å². The molecule has 1 N–H and O–H groups in total. The fourth-order valence-electron chi connectivity index (χ4n) is 2.37. The van der Waals surface area contributed by atoms with E-state index in [2.05, 4.69) is 42.5 Å². The van der Waals surface area contributed by atoms with E-state index in [1.54, 1.807) is 22.7 Å². The molecule has 0 saturated heterocycles. The molecule has 1 unspecified atom stereocenters. The lowest BCUT2D eigenvalue weighted by Crippen LogP contribution is -2.07. The van der Waals surface area contributed by atoms with Crippen LogP contribution in [0.1, 0.15) is 36.2 Å². The highest BCUT2D eigenvalue weighted by Crippen LogP contribution is 2.34. The summed E-state index contributed by atoms with van der Waals surface area (Å²) < 4.78 is 4.53. The van der Waals surface area contributed by atoms with Gasteiger partial charge in [-0.3, -0.25) is 4.68 Å². The quantitative estimate of drug-likeness (QED) is 0.773. The van der Waals surface area contributed by atoms with Crippen LogP contribution in [-0.2, 0) is 19.4 Å². The van der Waals surface area contributed by atoms with Crippen LogP contribution in [0.5, 0.6) is 0 Å². The fourth-order valence-corrected chi connectivity index (χ4v) is 4.48. The Balaban J connectivity index is 1.82. The molecule has 3 aromatic heterocycles. The molecule has 0 amide bonds. The number of aliphatic hydroxyl groups excluding tert-OH is 1. The summed E-state index contributed by atoms with van der Waals surface area (Å²) in [6, 6.07) is 6.34. The van der Waals surface area contributed by atoms with E-state index in [1.807, 2.05) is 4.68 Å². The second-order valence-corrected chi connectivity index (χ2v) is 6.88. The lowest BCUT2D eigenvalue weighted by molar-refractivity contribution is 0.179. The molecule has 20 heavy (non-hydrogen) atoms. The molecule has 0 aromatic carbocycles. The van der Waals surface area contributed by atoms with Crippen molar-refractivity contribution in [2.45, 2.75) is 39.3 Å². The highest BCUT2D eigenvalue weighted by atomic mass is 32.1. The molecule has 3 aromatic rings. The van der Waals surface area contributed by atoms with Gasteiger partial charge in [-0.15, -0.1) is 22.7 Å². The van der Waals surface area contributed by atoms with Crippen LogP contribution in [0.3, 0.4) is 0 Å². The van der Waals surface area contributed by atoms with Crippen LogP contribution in [0, 0.1) is 0 Å². The van der Waals surface area contributed by atoms with Crippen LogP contribution in [0.2, 0.25) is 0 Å². The lowest BCUT2D eigenvalue weighted by Gasteiger charge is -2.09. The van der Waals surface area contributed by atoms with E-state index in [-0.39, 0.29) is 0 Å². The van der Waals surface area contributed by atoms with Crippen molar-refractivity contribution < 1.29 is 5.11 Å². The van der Waals surface area contributed by atoms with Crippen LogP contribution in [-0.4, -0.2) is 14.9 Å². The van der Waals surface area contributed by atoms with Gasteiger partial charge < -0.3 is 5.11 Å².